The molecule has 1 aliphatic rings. The van der Waals surface area contributed by atoms with Crippen molar-refractivity contribution in [3.63, 3.8) is 0 Å². The molecule has 1 aromatic heterocycles. The molecule has 2 aromatic carbocycles. The molecule has 24 heavy (non-hydrogen) atoms. The zero-order valence-electron chi connectivity index (χ0n) is 12.7. The van der Waals surface area contributed by atoms with E-state index in [4.69, 9.17) is 9.47 Å². The van der Waals surface area contributed by atoms with E-state index in [0.717, 1.165) is 33.6 Å². The fourth-order valence-electron chi connectivity index (χ4n) is 2.31. The predicted octanol–water partition coefficient (Wildman–Crippen LogP) is 4.60. The van der Waals surface area contributed by atoms with Crippen LogP contribution in [0.2, 0.25) is 0 Å². The second-order valence-electron chi connectivity index (χ2n) is 5.01. The normalized spacial score (nSPS) is 12.2. The van der Waals surface area contributed by atoms with Crippen molar-refractivity contribution in [2.24, 2.45) is 0 Å². The summed E-state index contributed by atoms with van der Waals surface area (Å²) < 4.78 is 11.2. The Kier molecular flexibility index (Phi) is 5.22. The first kappa shape index (κ1) is 16.6. The molecule has 7 heteroatoms. The van der Waals surface area contributed by atoms with Crippen LogP contribution in [0.3, 0.4) is 0 Å². The molecule has 3 aromatic rings. The van der Waals surface area contributed by atoms with Gasteiger partial charge in [0.15, 0.2) is 11.5 Å². The van der Waals surface area contributed by atoms with E-state index >= 15 is 0 Å². The summed E-state index contributed by atoms with van der Waals surface area (Å²) in [5.41, 5.74) is 9.15. The Morgan fingerprint density at radius 1 is 0.917 bits per heavy atom. The topological polar surface area (TPSA) is 55.4 Å². The van der Waals surface area contributed by atoms with Crippen molar-refractivity contribution in [1.29, 1.82) is 0 Å². The van der Waals surface area contributed by atoms with Gasteiger partial charge in [0.25, 0.3) is 0 Å². The highest BCUT2D eigenvalue weighted by Crippen LogP contribution is 2.35. The Balaban J connectivity index is 0.00000169. The van der Waals surface area contributed by atoms with E-state index in [1.807, 2.05) is 53.9 Å². The number of hydrazine groups is 1. The molecule has 0 radical (unpaired) electrons. The van der Waals surface area contributed by atoms with E-state index in [9.17, 15) is 0 Å². The lowest BCUT2D eigenvalue weighted by molar-refractivity contribution is 0.171. The van der Waals surface area contributed by atoms with Crippen LogP contribution in [0, 0.1) is 0 Å². The maximum absolute atomic E-state index is 5.62. The van der Waals surface area contributed by atoms with E-state index in [1.165, 1.54) is 0 Å². The van der Waals surface area contributed by atoms with Gasteiger partial charge >= 0.3 is 0 Å². The van der Waals surface area contributed by atoms with Crippen LogP contribution in [-0.4, -0.2) is 18.2 Å². The minimum atomic E-state index is 0. The van der Waals surface area contributed by atoms with Crippen LogP contribution in [0.4, 0.5) is 10.8 Å². The highest BCUT2D eigenvalue weighted by Gasteiger charge is 2.13. The van der Waals surface area contributed by atoms with Gasteiger partial charge in [-0.3, -0.25) is 10.9 Å². The number of nitrogens with one attached hydrogen (secondary N) is 2. The smallest absolute Gasteiger partial charge is 0.202 e. The summed E-state index contributed by atoms with van der Waals surface area (Å²) in [5, 5.41) is 2.82. The van der Waals surface area contributed by atoms with Gasteiger partial charge in [0.2, 0.25) is 5.13 Å². The summed E-state index contributed by atoms with van der Waals surface area (Å²) >= 11 is 1.54. The number of benzene rings is 2. The molecule has 0 unspecified atom stereocenters. The Bertz CT molecular complexity index is 811. The number of thiazole rings is 1. The van der Waals surface area contributed by atoms with Crippen molar-refractivity contribution in [3.8, 4) is 22.8 Å². The summed E-state index contributed by atoms with van der Waals surface area (Å²) in [7, 11) is 0. The average molecular weight is 406 g/mol. The lowest BCUT2D eigenvalue weighted by Gasteiger charge is -2.18. The van der Waals surface area contributed by atoms with Crippen molar-refractivity contribution in [3.05, 3.63) is 53.9 Å². The number of para-hydroxylation sites is 1. The van der Waals surface area contributed by atoms with Gasteiger partial charge in [0, 0.05) is 10.9 Å². The van der Waals surface area contributed by atoms with E-state index in [0.29, 0.717) is 13.2 Å². The van der Waals surface area contributed by atoms with Crippen LogP contribution in [0.25, 0.3) is 11.3 Å². The Morgan fingerprint density at radius 3 is 2.54 bits per heavy atom. The maximum Gasteiger partial charge on any atom is 0.202 e. The van der Waals surface area contributed by atoms with Crippen molar-refractivity contribution in [2.45, 2.75) is 0 Å². The number of fused-ring (bicyclic) bond motifs is 1. The monoisotopic (exact) mass is 405 g/mol. The molecule has 0 aliphatic carbocycles. The third kappa shape index (κ3) is 3.63. The summed E-state index contributed by atoms with van der Waals surface area (Å²) in [6.07, 6.45) is 0. The fraction of sp³-hybridized carbons (Fsp3) is 0.118. The van der Waals surface area contributed by atoms with Gasteiger partial charge in [-0.25, -0.2) is 4.98 Å². The molecular formula is C17H16BrN3O2S. The minimum Gasteiger partial charge on any atom is -0.486 e. The highest BCUT2D eigenvalue weighted by atomic mass is 79.9. The third-order valence-corrected chi connectivity index (χ3v) is 4.19. The Labute approximate surface area is 154 Å². The standard InChI is InChI=1S/C17H15N3O2S.BrH/c1-2-4-13(5-3-1)19-20-17-18-14(11-23-17)12-6-7-15-16(10-12)22-9-8-21-15;/h1-7,10-11,19H,8-9H2,(H,18,20);1H. The van der Waals surface area contributed by atoms with Crippen LogP contribution in [0.1, 0.15) is 0 Å². The molecule has 0 bridgehead atoms. The van der Waals surface area contributed by atoms with Gasteiger partial charge in [-0.15, -0.1) is 28.3 Å². The Hall–Kier alpha value is -2.25. The van der Waals surface area contributed by atoms with Crippen LogP contribution in [-0.2, 0) is 0 Å². The Morgan fingerprint density at radius 2 is 1.71 bits per heavy atom. The van der Waals surface area contributed by atoms with Crippen LogP contribution >= 0.6 is 28.3 Å². The number of nitrogens with zero attached hydrogens (tertiary/aromatic N) is 1. The molecule has 0 fully saturated rings. The van der Waals surface area contributed by atoms with Crippen LogP contribution in [0.5, 0.6) is 11.5 Å². The lowest BCUT2D eigenvalue weighted by atomic mass is 10.1. The van der Waals surface area contributed by atoms with Gasteiger partial charge in [-0.2, -0.15) is 0 Å². The SMILES string of the molecule is Br.c1ccc(NNc2nc(-c3ccc4c(c3)OCCO4)cs2)cc1. The van der Waals surface area contributed by atoms with E-state index in [2.05, 4.69) is 15.8 Å². The van der Waals surface area contributed by atoms with Crippen molar-refractivity contribution < 1.29 is 9.47 Å². The second kappa shape index (κ2) is 7.55. The van der Waals surface area contributed by atoms with Gasteiger partial charge in [-0.1, -0.05) is 18.2 Å². The molecule has 124 valence electrons. The fourth-order valence-corrected chi connectivity index (χ4v) is 2.99. The molecule has 2 N–H and O–H groups in total. The number of rotatable bonds is 4. The molecule has 5 nitrogen and oxygen atoms in total. The number of hydrogen-bond acceptors (Lipinski definition) is 6. The summed E-state index contributed by atoms with van der Waals surface area (Å²) in [4.78, 5) is 4.59. The number of anilines is 2. The summed E-state index contributed by atoms with van der Waals surface area (Å²) in [6, 6.07) is 15.8. The molecule has 0 amide bonds. The number of halogens is 1. The van der Waals surface area contributed by atoms with Crippen molar-refractivity contribution in [2.75, 3.05) is 24.1 Å². The molecule has 0 spiro atoms. The van der Waals surface area contributed by atoms with Gasteiger partial charge in [0.1, 0.15) is 13.2 Å². The molecule has 0 saturated carbocycles. The van der Waals surface area contributed by atoms with Crippen molar-refractivity contribution >= 4 is 39.1 Å². The van der Waals surface area contributed by atoms with Gasteiger partial charge < -0.3 is 9.47 Å². The minimum absolute atomic E-state index is 0. The zero-order chi connectivity index (χ0) is 15.5. The molecular weight excluding hydrogens is 390 g/mol. The average Bonchev–Trinajstić information content (AvgIpc) is 3.09. The molecule has 1 aliphatic heterocycles. The largest absolute Gasteiger partial charge is 0.486 e. The molecule has 0 saturated heterocycles. The van der Waals surface area contributed by atoms with Crippen LogP contribution < -0.4 is 20.3 Å². The highest BCUT2D eigenvalue weighted by molar-refractivity contribution is 8.93. The van der Waals surface area contributed by atoms with Gasteiger partial charge in [0.05, 0.1) is 11.4 Å². The first-order chi connectivity index (χ1) is 11.4. The van der Waals surface area contributed by atoms with E-state index < -0.39 is 0 Å². The van der Waals surface area contributed by atoms with Crippen molar-refractivity contribution in [1.82, 2.24) is 4.98 Å². The van der Waals surface area contributed by atoms with E-state index in [-0.39, 0.29) is 17.0 Å². The molecule has 4 rings (SSSR count). The predicted molar refractivity (Wildman–Crippen MR) is 103 cm³/mol. The molecule has 2 heterocycles. The molecule has 0 atom stereocenters. The van der Waals surface area contributed by atoms with Gasteiger partial charge in [-0.05, 0) is 30.3 Å². The third-order valence-electron chi connectivity index (χ3n) is 3.43. The summed E-state index contributed by atoms with van der Waals surface area (Å²) in [5.74, 6) is 1.57. The first-order valence-corrected chi connectivity index (χ1v) is 8.19. The second-order valence-corrected chi connectivity index (χ2v) is 5.87. The number of aromatic nitrogens is 1. The first-order valence-electron chi connectivity index (χ1n) is 7.31. The number of ether oxygens (including phenoxy) is 2. The zero-order valence-corrected chi connectivity index (χ0v) is 15.2. The summed E-state index contributed by atoms with van der Waals surface area (Å²) in [6.45, 7) is 1.18. The maximum atomic E-state index is 5.62. The number of hydrogen-bond donors (Lipinski definition) is 2. The van der Waals surface area contributed by atoms with E-state index in [1.54, 1.807) is 11.3 Å². The van der Waals surface area contributed by atoms with Crippen LogP contribution in [0.15, 0.2) is 53.9 Å². The quantitative estimate of drug-likeness (QED) is 0.621. The lowest BCUT2D eigenvalue weighted by Crippen LogP contribution is -2.15.